The minimum absolute atomic E-state index is 0.339. The summed E-state index contributed by atoms with van der Waals surface area (Å²) in [5.74, 6) is 0.356. The maximum absolute atomic E-state index is 11.8. The summed E-state index contributed by atoms with van der Waals surface area (Å²) >= 11 is 0. The summed E-state index contributed by atoms with van der Waals surface area (Å²) in [6.45, 7) is 2.74. The first-order valence-electron chi connectivity index (χ1n) is 7.51. The molecule has 126 valence electrons. The average molecular weight is 328 g/mol. The van der Waals surface area contributed by atoms with E-state index in [1.165, 1.54) is 7.11 Å². The van der Waals surface area contributed by atoms with Crippen molar-refractivity contribution in [2.45, 2.75) is 6.92 Å². The third kappa shape index (κ3) is 5.31. The fourth-order valence-corrected chi connectivity index (χ4v) is 2.02. The Morgan fingerprint density at radius 1 is 1.08 bits per heavy atom. The predicted octanol–water partition coefficient (Wildman–Crippen LogP) is 2.98. The molecule has 0 saturated carbocycles. The van der Waals surface area contributed by atoms with Crippen LogP contribution in [0.1, 0.15) is 15.9 Å². The monoisotopic (exact) mass is 328 g/mol. The smallest absolute Gasteiger partial charge is 0.337 e. The number of hydrogen-bond acceptors (Lipinski definition) is 4. The number of amides is 2. The van der Waals surface area contributed by atoms with Crippen molar-refractivity contribution in [3.63, 3.8) is 0 Å². The van der Waals surface area contributed by atoms with Crippen LogP contribution < -0.4 is 15.4 Å². The molecule has 0 heterocycles. The standard InChI is InChI=1S/C18H20N2O4/c1-13-4-3-5-16(12-13)24-11-10-19-18(22)20-15-8-6-14(7-9-15)17(21)23-2/h3-9,12H,10-11H2,1-2H3,(H2,19,20,22). The molecule has 0 unspecified atom stereocenters. The number of carbonyl (C=O) groups is 2. The van der Waals surface area contributed by atoms with E-state index in [-0.39, 0.29) is 6.03 Å². The summed E-state index contributed by atoms with van der Waals surface area (Å²) in [4.78, 5) is 23.1. The number of aryl methyl sites for hydroxylation is 1. The van der Waals surface area contributed by atoms with Gasteiger partial charge in [0.1, 0.15) is 12.4 Å². The predicted molar refractivity (Wildman–Crippen MR) is 91.5 cm³/mol. The Bertz CT molecular complexity index is 698. The van der Waals surface area contributed by atoms with E-state index in [9.17, 15) is 9.59 Å². The van der Waals surface area contributed by atoms with Gasteiger partial charge in [0.25, 0.3) is 0 Å². The Labute approximate surface area is 140 Å². The first-order valence-corrected chi connectivity index (χ1v) is 7.51. The maximum atomic E-state index is 11.8. The van der Waals surface area contributed by atoms with E-state index in [1.54, 1.807) is 24.3 Å². The van der Waals surface area contributed by atoms with Gasteiger partial charge in [0.15, 0.2) is 0 Å². The number of methoxy groups -OCH3 is 1. The van der Waals surface area contributed by atoms with Crippen LogP contribution in [0, 0.1) is 6.92 Å². The van der Waals surface area contributed by atoms with Gasteiger partial charge in [0, 0.05) is 5.69 Å². The van der Waals surface area contributed by atoms with Gasteiger partial charge in [-0.25, -0.2) is 9.59 Å². The van der Waals surface area contributed by atoms with Crippen molar-refractivity contribution in [1.29, 1.82) is 0 Å². The molecule has 0 aromatic heterocycles. The maximum Gasteiger partial charge on any atom is 0.337 e. The number of esters is 1. The van der Waals surface area contributed by atoms with Crippen LogP contribution in [-0.2, 0) is 4.74 Å². The van der Waals surface area contributed by atoms with Crippen molar-refractivity contribution in [3.8, 4) is 5.75 Å². The van der Waals surface area contributed by atoms with Crippen molar-refractivity contribution in [3.05, 3.63) is 59.7 Å². The lowest BCUT2D eigenvalue weighted by Crippen LogP contribution is -2.32. The summed E-state index contributed by atoms with van der Waals surface area (Å²) < 4.78 is 10.2. The van der Waals surface area contributed by atoms with E-state index in [1.807, 2.05) is 31.2 Å². The Kier molecular flexibility index (Phi) is 6.19. The molecular formula is C18H20N2O4. The van der Waals surface area contributed by atoms with Gasteiger partial charge in [-0.3, -0.25) is 0 Å². The number of benzene rings is 2. The van der Waals surface area contributed by atoms with Crippen LogP contribution in [0.25, 0.3) is 0 Å². The Morgan fingerprint density at radius 2 is 1.83 bits per heavy atom. The van der Waals surface area contributed by atoms with Crippen LogP contribution in [0.2, 0.25) is 0 Å². The molecule has 6 heteroatoms. The molecule has 0 bridgehead atoms. The zero-order valence-corrected chi connectivity index (χ0v) is 13.7. The van der Waals surface area contributed by atoms with Crippen molar-refractivity contribution in [2.75, 3.05) is 25.6 Å². The van der Waals surface area contributed by atoms with Gasteiger partial charge in [0.05, 0.1) is 19.2 Å². The summed E-state index contributed by atoms with van der Waals surface area (Å²) in [7, 11) is 1.32. The fourth-order valence-electron chi connectivity index (χ4n) is 2.02. The van der Waals surface area contributed by atoms with Gasteiger partial charge >= 0.3 is 12.0 Å². The lowest BCUT2D eigenvalue weighted by Gasteiger charge is -2.09. The van der Waals surface area contributed by atoms with Crippen molar-refractivity contribution >= 4 is 17.7 Å². The molecule has 0 aliphatic rings. The van der Waals surface area contributed by atoms with Gasteiger partial charge in [-0.2, -0.15) is 0 Å². The second-order valence-electron chi connectivity index (χ2n) is 5.11. The van der Waals surface area contributed by atoms with E-state index < -0.39 is 5.97 Å². The van der Waals surface area contributed by atoms with Gasteiger partial charge < -0.3 is 20.1 Å². The van der Waals surface area contributed by atoms with Crippen LogP contribution in [-0.4, -0.2) is 32.3 Å². The highest BCUT2D eigenvalue weighted by atomic mass is 16.5. The number of anilines is 1. The van der Waals surface area contributed by atoms with Crippen LogP contribution in [0.15, 0.2) is 48.5 Å². The molecule has 2 N–H and O–H groups in total. The molecule has 24 heavy (non-hydrogen) atoms. The largest absolute Gasteiger partial charge is 0.492 e. The molecule has 2 rings (SSSR count). The van der Waals surface area contributed by atoms with Crippen molar-refractivity contribution < 1.29 is 19.1 Å². The molecule has 0 spiro atoms. The third-order valence-electron chi connectivity index (χ3n) is 3.21. The minimum atomic E-state index is -0.417. The van der Waals surface area contributed by atoms with Gasteiger partial charge in [0.2, 0.25) is 0 Å². The summed E-state index contributed by atoms with van der Waals surface area (Å²) in [6.07, 6.45) is 0. The van der Waals surface area contributed by atoms with Gasteiger partial charge in [-0.15, -0.1) is 0 Å². The fraction of sp³-hybridized carbons (Fsp3) is 0.222. The molecule has 0 fully saturated rings. The molecule has 0 aliphatic heterocycles. The molecule has 0 saturated heterocycles. The molecule has 0 atom stereocenters. The number of ether oxygens (including phenoxy) is 2. The third-order valence-corrected chi connectivity index (χ3v) is 3.21. The molecule has 0 aliphatic carbocycles. The number of urea groups is 1. The topological polar surface area (TPSA) is 76.7 Å². The molecular weight excluding hydrogens is 308 g/mol. The van der Waals surface area contributed by atoms with E-state index in [0.29, 0.717) is 24.4 Å². The van der Waals surface area contributed by atoms with E-state index in [2.05, 4.69) is 15.4 Å². The normalized spacial score (nSPS) is 9.92. The highest BCUT2D eigenvalue weighted by molar-refractivity contribution is 5.92. The highest BCUT2D eigenvalue weighted by Gasteiger charge is 2.06. The number of rotatable bonds is 6. The molecule has 2 aromatic carbocycles. The number of hydrogen-bond donors (Lipinski definition) is 2. The summed E-state index contributed by atoms with van der Waals surface area (Å²) in [5.41, 5.74) is 2.13. The second kappa shape index (κ2) is 8.57. The first kappa shape index (κ1) is 17.3. The second-order valence-corrected chi connectivity index (χ2v) is 5.11. The van der Waals surface area contributed by atoms with Crippen LogP contribution in [0.3, 0.4) is 0 Å². The zero-order valence-electron chi connectivity index (χ0n) is 13.7. The lowest BCUT2D eigenvalue weighted by molar-refractivity contribution is 0.0600. The van der Waals surface area contributed by atoms with Gasteiger partial charge in [-0.05, 0) is 48.9 Å². The average Bonchev–Trinajstić information content (AvgIpc) is 2.59. The lowest BCUT2D eigenvalue weighted by atomic mass is 10.2. The number of nitrogens with one attached hydrogen (secondary N) is 2. The highest BCUT2D eigenvalue weighted by Crippen LogP contribution is 2.12. The molecule has 0 radical (unpaired) electrons. The minimum Gasteiger partial charge on any atom is -0.492 e. The Morgan fingerprint density at radius 3 is 2.50 bits per heavy atom. The number of carbonyl (C=O) groups excluding carboxylic acids is 2. The van der Waals surface area contributed by atoms with E-state index >= 15 is 0 Å². The molecule has 6 nitrogen and oxygen atoms in total. The van der Waals surface area contributed by atoms with Crippen LogP contribution in [0.5, 0.6) is 5.75 Å². The quantitative estimate of drug-likeness (QED) is 0.631. The Balaban J connectivity index is 1.72. The summed E-state index contributed by atoms with van der Waals surface area (Å²) in [6, 6.07) is 13.8. The summed E-state index contributed by atoms with van der Waals surface area (Å²) in [5, 5.41) is 5.37. The molecule has 2 amide bonds. The van der Waals surface area contributed by atoms with E-state index in [4.69, 9.17) is 4.74 Å². The van der Waals surface area contributed by atoms with Gasteiger partial charge in [-0.1, -0.05) is 12.1 Å². The first-order chi connectivity index (χ1) is 11.6. The SMILES string of the molecule is COC(=O)c1ccc(NC(=O)NCCOc2cccc(C)c2)cc1. The molecule has 2 aromatic rings. The Hall–Kier alpha value is -3.02. The zero-order chi connectivity index (χ0) is 17.4. The van der Waals surface area contributed by atoms with Crippen LogP contribution >= 0.6 is 0 Å². The van der Waals surface area contributed by atoms with Crippen molar-refractivity contribution in [2.24, 2.45) is 0 Å². The van der Waals surface area contributed by atoms with Crippen molar-refractivity contribution in [1.82, 2.24) is 5.32 Å². The van der Waals surface area contributed by atoms with E-state index in [0.717, 1.165) is 11.3 Å². The van der Waals surface area contributed by atoms with Crippen LogP contribution in [0.4, 0.5) is 10.5 Å².